The molecule has 0 amide bonds. The fourth-order valence-electron chi connectivity index (χ4n) is 1.46. The Bertz CT molecular complexity index is 660. The van der Waals surface area contributed by atoms with Crippen molar-refractivity contribution in [3.05, 3.63) is 35.7 Å². The number of allylic oxidation sites excluding steroid dienone is 1. The molecule has 1 heterocycles. The SMILES string of the molecule is C=S(=O)(NC#N)/C(=C\CCCl)c1ccc(C(F)(F)F)nc1. The second-order valence-electron chi connectivity index (χ2n) is 3.87. The van der Waals surface area contributed by atoms with Crippen LogP contribution >= 0.6 is 11.6 Å². The normalized spacial score (nSPS) is 15.1. The van der Waals surface area contributed by atoms with Gasteiger partial charge in [-0.1, -0.05) is 12.1 Å². The Balaban J connectivity index is 3.27. The van der Waals surface area contributed by atoms with Crippen LogP contribution in [-0.4, -0.2) is 20.9 Å². The van der Waals surface area contributed by atoms with E-state index in [9.17, 15) is 17.4 Å². The lowest BCUT2D eigenvalue weighted by Gasteiger charge is -2.13. The minimum Gasteiger partial charge on any atom is -0.251 e. The van der Waals surface area contributed by atoms with Gasteiger partial charge in [0.05, 0.1) is 14.6 Å². The van der Waals surface area contributed by atoms with Gasteiger partial charge >= 0.3 is 6.18 Å². The molecular weight excluding hydrogens is 327 g/mol. The maximum atomic E-state index is 12.5. The molecule has 9 heteroatoms. The van der Waals surface area contributed by atoms with Crippen LogP contribution in [0.4, 0.5) is 13.2 Å². The molecule has 0 aliphatic carbocycles. The molecule has 114 valence electrons. The van der Waals surface area contributed by atoms with Crippen molar-refractivity contribution in [2.24, 2.45) is 0 Å². The van der Waals surface area contributed by atoms with Gasteiger partial charge in [0.15, 0.2) is 6.19 Å². The molecule has 4 nitrogen and oxygen atoms in total. The zero-order valence-electron chi connectivity index (χ0n) is 10.7. The first-order valence-electron chi connectivity index (χ1n) is 5.55. The molecule has 21 heavy (non-hydrogen) atoms. The Hall–Kier alpha value is -1.72. The predicted octanol–water partition coefficient (Wildman–Crippen LogP) is 2.77. The molecule has 1 aromatic heterocycles. The van der Waals surface area contributed by atoms with E-state index in [1.54, 1.807) is 0 Å². The van der Waals surface area contributed by atoms with Gasteiger partial charge in [-0.2, -0.15) is 18.4 Å². The van der Waals surface area contributed by atoms with E-state index in [2.05, 4.69) is 10.9 Å². The zero-order chi connectivity index (χ0) is 16.1. The maximum Gasteiger partial charge on any atom is 0.433 e. The Morgan fingerprint density at radius 1 is 1.57 bits per heavy atom. The van der Waals surface area contributed by atoms with Crippen LogP contribution in [0.15, 0.2) is 24.4 Å². The third kappa shape index (κ3) is 4.65. The molecule has 0 saturated heterocycles. The summed E-state index contributed by atoms with van der Waals surface area (Å²) < 4.78 is 51.7. The highest BCUT2D eigenvalue weighted by Gasteiger charge is 2.32. The van der Waals surface area contributed by atoms with Crippen molar-refractivity contribution in [3.8, 4) is 6.19 Å². The van der Waals surface area contributed by atoms with Crippen LogP contribution in [0.1, 0.15) is 17.7 Å². The smallest absolute Gasteiger partial charge is 0.251 e. The summed E-state index contributed by atoms with van der Waals surface area (Å²) in [6, 6.07) is 1.89. The number of halogens is 4. The molecule has 1 atom stereocenters. The average molecular weight is 338 g/mol. The lowest BCUT2D eigenvalue weighted by molar-refractivity contribution is -0.141. The van der Waals surface area contributed by atoms with E-state index in [1.807, 2.05) is 4.72 Å². The third-order valence-corrected chi connectivity index (χ3v) is 4.10. The predicted molar refractivity (Wildman–Crippen MR) is 76.6 cm³/mol. The molecule has 0 aliphatic heterocycles. The summed E-state index contributed by atoms with van der Waals surface area (Å²) in [5.74, 6) is 3.62. The molecule has 0 radical (unpaired) electrons. The molecule has 0 spiro atoms. The number of hydrogen-bond acceptors (Lipinski definition) is 3. The number of nitrogens with zero attached hydrogens (tertiary/aromatic N) is 2. The van der Waals surface area contributed by atoms with Crippen molar-refractivity contribution in [3.63, 3.8) is 0 Å². The first-order chi connectivity index (χ1) is 9.72. The van der Waals surface area contributed by atoms with Crippen molar-refractivity contribution in [2.45, 2.75) is 12.6 Å². The largest absolute Gasteiger partial charge is 0.433 e. The molecule has 1 rings (SSSR count). The van der Waals surface area contributed by atoms with E-state index in [0.29, 0.717) is 6.42 Å². The Morgan fingerprint density at radius 3 is 2.67 bits per heavy atom. The minimum absolute atomic E-state index is 0.0888. The van der Waals surface area contributed by atoms with Crippen LogP contribution in [0.3, 0.4) is 0 Å². The Labute approximate surface area is 125 Å². The van der Waals surface area contributed by atoms with Gasteiger partial charge < -0.3 is 0 Å². The van der Waals surface area contributed by atoms with Gasteiger partial charge in [0.1, 0.15) is 5.69 Å². The van der Waals surface area contributed by atoms with Crippen LogP contribution in [0.2, 0.25) is 0 Å². The fourth-order valence-corrected chi connectivity index (χ4v) is 2.72. The highest BCUT2D eigenvalue weighted by atomic mass is 35.5. The number of rotatable bonds is 5. The Morgan fingerprint density at radius 2 is 2.24 bits per heavy atom. The summed E-state index contributed by atoms with van der Waals surface area (Å²) >= 11 is 5.54. The number of pyridine rings is 1. The molecule has 1 N–H and O–H groups in total. The van der Waals surface area contributed by atoms with Crippen molar-refractivity contribution >= 4 is 32.1 Å². The van der Waals surface area contributed by atoms with E-state index in [-0.39, 0.29) is 16.3 Å². The summed E-state index contributed by atoms with van der Waals surface area (Å²) in [5.41, 5.74) is -0.886. The first-order valence-corrected chi connectivity index (χ1v) is 7.81. The summed E-state index contributed by atoms with van der Waals surface area (Å²) in [4.78, 5) is 3.38. The van der Waals surface area contributed by atoms with E-state index < -0.39 is 21.6 Å². The number of hydrogen-bond donors (Lipinski definition) is 1. The summed E-state index contributed by atoms with van der Waals surface area (Å²) in [6.45, 7) is 0. The van der Waals surface area contributed by atoms with Gasteiger partial charge in [-0.3, -0.25) is 4.98 Å². The van der Waals surface area contributed by atoms with E-state index in [1.165, 1.54) is 12.3 Å². The summed E-state index contributed by atoms with van der Waals surface area (Å²) in [6.07, 6.45) is -0.343. The summed E-state index contributed by atoms with van der Waals surface area (Å²) in [5, 5.41) is 8.58. The number of nitrogens with one attached hydrogen (secondary N) is 1. The van der Waals surface area contributed by atoms with Crippen LogP contribution in [0, 0.1) is 11.5 Å². The van der Waals surface area contributed by atoms with Gasteiger partial charge in [-0.15, -0.1) is 11.6 Å². The molecular formula is C12H11ClF3N3OS. The second kappa shape index (κ2) is 6.83. The van der Waals surface area contributed by atoms with Crippen LogP contribution in [0.5, 0.6) is 0 Å². The Kier molecular flexibility index (Phi) is 5.63. The van der Waals surface area contributed by atoms with Crippen molar-refractivity contribution in [1.29, 1.82) is 5.26 Å². The van der Waals surface area contributed by atoms with Crippen LogP contribution in [0.25, 0.3) is 4.91 Å². The third-order valence-electron chi connectivity index (χ3n) is 2.34. The number of nitriles is 1. The molecule has 1 unspecified atom stereocenters. The van der Waals surface area contributed by atoms with E-state index in [0.717, 1.165) is 18.3 Å². The number of alkyl halides is 4. The van der Waals surface area contributed by atoms with Gasteiger partial charge in [-0.25, -0.2) is 8.93 Å². The van der Waals surface area contributed by atoms with Gasteiger partial charge in [-0.05, 0) is 18.4 Å². The fraction of sp³-hybridized carbons (Fsp3) is 0.250. The lowest BCUT2D eigenvalue weighted by atomic mass is 10.2. The van der Waals surface area contributed by atoms with Gasteiger partial charge in [0.2, 0.25) is 0 Å². The highest BCUT2D eigenvalue weighted by Crippen LogP contribution is 2.29. The molecule has 0 fully saturated rings. The minimum atomic E-state index is -4.56. The zero-order valence-corrected chi connectivity index (χ0v) is 12.2. The number of aromatic nitrogens is 1. The second-order valence-corrected chi connectivity index (χ2v) is 6.24. The maximum absolute atomic E-state index is 12.5. The molecule has 0 saturated carbocycles. The summed E-state index contributed by atoms with van der Waals surface area (Å²) in [7, 11) is -3.18. The van der Waals surface area contributed by atoms with Gasteiger partial charge in [0, 0.05) is 17.6 Å². The lowest BCUT2D eigenvalue weighted by Crippen LogP contribution is -2.19. The van der Waals surface area contributed by atoms with Crippen LogP contribution in [-0.2, 0) is 15.9 Å². The van der Waals surface area contributed by atoms with E-state index >= 15 is 0 Å². The van der Waals surface area contributed by atoms with Gasteiger partial charge in [0.25, 0.3) is 0 Å². The van der Waals surface area contributed by atoms with Crippen molar-refractivity contribution in [1.82, 2.24) is 9.71 Å². The topological polar surface area (TPSA) is 65.8 Å². The highest BCUT2D eigenvalue weighted by molar-refractivity contribution is 8.07. The monoisotopic (exact) mass is 337 g/mol. The van der Waals surface area contributed by atoms with Crippen molar-refractivity contribution in [2.75, 3.05) is 5.88 Å². The van der Waals surface area contributed by atoms with Crippen molar-refractivity contribution < 1.29 is 17.4 Å². The van der Waals surface area contributed by atoms with E-state index in [4.69, 9.17) is 16.9 Å². The molecule has 0 aromatic carbocycles. The first kappa shape index (κ1) is 17.3. The molecule has 0 bridgehead atoms. The quantitative estimate of drug-likeness (QED) is 0.389. The molecule has 1 aromatic rings. The van der Waals surface area contributed by atoms with Crippen LogP contribution < -0.4 is 4.72 Å². The average Bonchev–Trinajstić information content (AvgIpc) is 2.38. The molecule has 0 aliphatic rings. The standard InChI is InChI=1S/C12H11ClF3N3OS/c1-21(20,19-8-17)10(3-2-6-13)9-4-5-11(18-7-9)12(14,15)16/h3-5,7H,1-2,6H2,(H,19,20)/b10-3-.